The molecule has 1 aliphatic rings. The molecule has 1 aliphatic heterocycles. The fourth-order valence-corrected chi connectivity index (χ4v) is 2.11. The van der Waals surface area contributed by atoms with Gasteiger partial charge in [0.1, 0.15) is 24.4 Å². The number of rotatable bonds is 5. The molecular weight excluding hydrogens is 312 g/mol. The Hall–Kier alpha value is -1.40. The predicted molar refractivity (Wildman–Crippen MR) is 64.0 cm³/mol. The van der Waals surface area contributed by atoms with Crippen LogP contribution in [0.4, 0.5) is 8.78 Å². The van der Waals surface area contributed by atoms with Crippen LogP contribution >= 0.6 is 0 Å². The molecule has 0 aromatic rings. The van der Waals surface area contributed by atoms with Crippen molar-refractivity contribution in [1.29, 1.82) is 0 Å². The molecule has 1 amide bonds. The van der Waals surface area contributed by atoms with Gasteiger partial charge in [-0.3, -0.25) is 4.79 Å². The zero-order valence-electron chi connectivity index (χ0n) is 11.4. The molecule has 1 rings (SSSR count). The number of carboxylic acids is 1. The van der Waals surface area contributed by atoms with E-state index >= 15 is 0 Å². The number of carboxylic acid groups (broad SMARTS) is 1. The fraction of sp³-hybridized carbons (Fsp3) is 0.818. The number of aliphatic hydroxyl groups is 4. The van der Waals surface area contributed by atoms with E-state index < -0.39 is 61.0 Å². The standard InChI is InChI=1S/C11H17F2NO8/c1-3(16)14-5-7(19)9(12)11(13,10(20)21)22-8(5)6(18)4(17)2-15/h4-9,15,17-19H,2H2,1H3,(H,14,16)(H,20,21)/t4-,5?,6-,7?,8?,9?,11-/m1/s1. The zero-order valence-corrected chi connectivity index (χ0v) is 11.4. The summed E-state index contributed by atoms with van der Waals surface area (Å²) in [6.45, 7) is -0.0321. The Morgan fingerprint density at radius 2 is 1.95 bits per heavy atom. The van der Waals surface area contributed by atoms with Gasteiger partial charge < -0.3 is 35.6 Å². The first-order valence-electron chi connectivity index (χ1n) is 6.22. The molecule has 0 spiro atoms. The number of hydrogen-bond acceptors (Lipinski definition) is 7. The van der Waals surface area contributed by atoms with Crippen LogP contribution in [-0.4, -0.2) is 86.5 Å². The highest BCUT2D eigenvalue weighted by Crippen LogP contribution is 2.35. The Morgan fingerprint density at radius 3 is 2.36 bits per heavy atom. The van der Waals surface area contributed by atoms with Gasteiger partial charge in [0.15, 0.2) is 6.17 Å². The Morgan fingerprint density at radius 1 is 1.41 bits per heavy atom. The lowest BCUT2D eigenvalue weighted by Crippen LogP contribution is -2.71. The minimum absolute atomic E-state index is 0.808. The molecule has 22 heavy (non-hydrogen) atoms. The lowest BCUT2D eigenvalue weighted by atomic mass is 9.88. The number of hydrogen-bond donors (Lipinski definition) is 6. The monoisotopic (exact) mass is 329 g/mol. The largest absolute Gasteiger partial charge is 0.477 e. The first-order valence-corrected chi connectivity index (χ1v) is 6.22. The maximum absolute atomic E-state index is 14.1. The van der Waals surface area contributed by atoms with Gasteiger partial charge in [0.2, 0.25) is 5.91 Å². The summed E-state index contributed by atoms with van der Waals surface area (Å²) in [7, 11) is 0. The molecule has 9 nitrogen and oxygen atoms in total. The van der Waals surface area contributed by atoms with E-state index in [1.165, 1.54) is 0 Å². The number of aliphatic carboxylic acids is 1. The molecule has 1 fully saturated rings. The molecule has 0 aromatic heterocycles. The average Bonchev–Trinajstić information content (AvgIpc) is 2.45. The number of halogens is 2. The van der Waals surface area contributed by atoms with Crippen molar-refractivity contribution in [3.63, 3.8) is 0 Å². The number of alkyl halides is 2. The second-order valence-electron chi connectivity index (χ2n) is 4.89. The maximum atomic E-state index is 14.1. The summed E-state index contributed by atoms with van der Waals surface area (Å²) >= 11 is 0. The fourth-order valence-electron chi connectivity index (χ4n) is 2.11. The van der Waals surface area contributed by atoms with Crippen molar-refractivity contribution in [3.8, 4) is 0 Å². The van der Waals surface area contributed by atoms with Crippen LogP contribution in [0.15, 0.2) is 0 Å². The van der Waals surface area contributed by atoms with Gasteiger partial charge in [-0.2, -0.15) is 4.39 Å². The normalized spacial score (nSPS) is 38.1. The summed E-state index contributed by atoms with van der Waals surface area (Å²) in [5.74, 6) is -7.19. The first kappa shape index (κ1) is 18.6. The number of carbonyl (C=O) groups is 2. The van der Waals surface area contributed by atoms with Crippen LogP contribution in [0.3, 0.4) is 0 Å². The highest BCUT2D eigenvalue weighted by molar-refractivity contribution is 5.77. The minimum Gasteiger partial charge on any atom is -0.477 e. The van der Waals surface area contributed by atoms with Crippen LogP contribution in [0.1, 0.15) is 6.92 Å². The summed E-state index contributed by atoms with van der Waals surface area (Å²) in [6.07, 6.45) is -11.4. The van der Waals surface area contributed by atoms with Crippen LogP contribution in [0.2, 0.25) is 0 Å². The second-order valence-corrected chi connectivity index (χ2v) is 4.89. The van der Waals surface area contributed by atoms with Crippen LogP contribution in [0.5, 0.6) is 0 Å². The van der Waals surface area contributed by atoms with Gasteiger partial charge >= 0.3 is 11.8 Å². The van der Waals surface area contributed by atoms with Gasteiger partial charge in [-0.05, 0) is 0 Å². The van der Waals surface area contributed by atoms with E-state index in [1.54, 1.807) is 0 Å². The molecular formula is C11H17F2NO8. The van der Waals surface area contributed by atoms with Crippen LogP contribution in [0.25, 0.3) is 0 Å². The highest BCUT2D eigenvalue weighted by atomic mass is 19.2. The highest BCUT2D eigenvalue weighted by Gasteiger charge is 2.62. The lowest BCUT2D eigenvalue weighted by molar-refractivity contribution is -0.293. The van der Waals surface area contributed by atoms with Crippen molar-refractivity contribution in [3.05, 3.63) is 0 Å². The molecule has 0 saturated carbocycles. The van der Waals surface area contributed by atoms with Crippen molar-refractivity contribution in [1.82, 2.24) is 5.32 Å². The third kappa shape index (κ3) is 3.33. The number of nitrogens with one attached hydrogen (secondary N) is 1. The van der Waals surface area contributed by atoms with Crippen LogP contribution in [-0.2, 0) is 14.3 Å². The summed E-state index contributed by atoms with van der Waals surface area (Å²) in [5.41, 5.74) is 0. The second kappa shape index (κ2) is 6.79. The van der Waals surface area contributed by atoms with E-state index in [0.29, 0.717) is 0 Å². The van der Waals surface area contributed by atoms with E-state index in [4.69, 9.17) is 10.2 Å². The average molecular weight is 329 g/mol. The summed E-state index contributed by atoms with van der Waals surface area (Å²) in [4.78, 5) is 21.9. The van der Waals surface area contributed by atoms with E-state index in [0.717, 1.165) is 6.92 Å². The topological polar surface area (TPSA) is 157 Å². The molecule has 0 aromatic carbocycles. The number of ether oxygens (including phenoxy) is 1. The molecule has 6 N–H and O–H groups in total. The third-order valence-electron chi connectivity index (χ3n) is 3.26. The molecule has 0 aliphatic carbocycles. The molecule has 1 heterocycles. The third-order valence-corrected chi connectivity index (χ3v) is 3.26. The number of aliphatic hydroxyl groups excluding tert-OH is 4. The van der Waals surface area contributed by atoms with Crippen LogP contribution in [0, 0.1) is 0 Å². The van der Waals surface area contributed by atoms with Crippen molar-refractivity contribution < 1.29 is 48.6 Å². The maximum Gasteiger partial charge on any atom is 0.372 e. The van der Waals surface area contributed by atoms with Gasteiger partial charge in [-0.25, -0.2) is 9.18 Å². The zero-order chi connectivity index (χ0) is 17.2. The molecule has 0 radical (unpaired) electrons. The lowest BCUT2D eigenvalue weighted by Gasteiger charge is -2.45. The molecule has 7 atom stereocenters. The molecule has 0 bridgehead atoms. The van der Waals surface area contributed by atoms with E-state index in [1.807, 2.05) is 5.32 Å². The molecule has 1 saturated heterocycles. The van der Waals surface area contributed by atoms with Gasteiger partial charge in [0, 0.05) is 6.92 Å². The molecule has 128 valence electrons. The van der Waals surface area contributed by atoms with Crippen molar-refractivity contribution in [2.24, 2.45) is 0 Å². The summed E-state index contributed by atoms with van der Waals surface area (Å²) < 4.78 is 32.3. The van der Waals surface area contributed by atoms with Gasteiger partial charge in [0.25, 0.3) is 0 Å². The summed E-state index contributed by atoms with van der Waals surface area (Å²) in [5, 5.41) is 48.3. The quantitative estimate of drug-likeness (QED) is 0.313. The van der Waals surface area contributed by atoms with E-state index in [-0.39, 0.29) is 0 Å². The smallest absolute Gasteiger partial charge is 0.372 e. The molecule has 4 unspecified atom stereocenters. The SMILES string of the molecule is CC(=O)NC1C(O)C(F)[C@](F)(C(=O)O)OC1[C@H](O)[C@H](O)CO. The Labute approximate surface area is 123 Å². The van der Waals surface area contributed by atoms with Crippen LogP contribution < -0.4 is 5.32 Å². The first-order chi connectivity index (χ1) is 10.1. The number of amides is 1. The van der Waals surface area contributed by atoms with Crippen molar-refractivity contribution in [2.75, 3.05) is 6.61 Å². The van der Waals surface area contributed by atoms with Crippen molar-refractivity contribution in [2.45, 2.75) is 49.4 Å². The van der Waals surface area contributed by atoms with Gasteiger partial charge in [-0.15, -0.1) is 0 Å². The van der Waals surface area contributed by atoms with E-state index in [2.05, 4.69) is 4.74 Å². The predicted octanol–water partition coefficient (Wildman–Crippen LogP) is -2.95. The Balaban J connectivity index is 3.19. The van der Waals surface area contributed by atoms with Gasteiger partial charge in [0.05, 0.1) is 12.6 Å². The van der Waals surface area contributed by atoms with Gasteiger partial charge in [-0.1, -0.05) is 0 Å². The summed E-state index contributed by atoms with van der Waals surface area (Å²) in [6, 6.07) is -1.74. The number of carbonyl (C=O) groups excluding carboxylic acids is 1. The molecule has 11 heteroatoms. The van der Waals surface area contributed by atoms with E-state index in [9.17, 15) is 33.7 Å². The Kier molecular flexibility index (Phi) is 5.76. The minimum atomic E-state index is -3.99. The van der Waals surface area contributed by atoms with Crippen molar-refractivity contribution >= 4 is 11.9 Å². The Bertz CT molecular complexity index is 438.